The molecule has 11 heteroatoms. The molecule has 1 saturated heterocycles. The third-order valence-electron chi connectivity index (χ3n) is 7.16. The van der Waals surface area contributed by atoms with E-state index >= 15 is 0 Å². The van der Waals surface area contributed by atoms with Crippen molar-refractivity contribution in [3.05, 3.63) is 77.8 Å². The number of rotatable bonds is 7. The summed E-state index contributed by atoms with van der Waals surface area (Å²) in [5.41, 5.74) is 3.96. The summed E-state index contributed by atoms with van der Waals surface area (Å²) >= 11 is 1.51. The second-order valence-corrected chi connectivity index (χ2v) is 10.3. The molecule has 3 aromatic rings. The topological polar surface area (TPSA) is 69.2 Å². The Hall–Kier alpha value is -3.31. The summed E-state index contributed by atoms with van der Waals surface area (Å²) in [6.45, 7) is 9.07. The zero-order valence-corrected chi connectivity index (χ0v) is 22.1. The summed E-state index contributed by atoms with van der Waals surface area (Å²) in [7, 11) is 0. The smallest absolute Gasteiger partial charge is 0.369 e. The molecule has 0 aliphatic carbocycles. The number of hydrogen-bond donors (Lipinski definition) is 2. The van der Waals surface area contributed by atoms with Crippen LogP contribution in [0.3, 0.4) is 0 Å². The Labute approximate surface area is 224 Å². The average molecular weight is 542 g/mol. The number of fused-ring (bicyclic) bond motifs is 1. The van der Waals surface area contributed by atoms with Crippen molar-refractivity contribution in [1.29, 1.82) is 0 Å². The van der Waals surface area contributed by atoms with Gasteiger partial charge in [0.2, 0.25) is 5.95 Å². The molecule has 0 radical (unpaired) electrons. The van der Waals surface area contributed by atoms with Crippen LogP contribution in [0, 0.1) is 0 Å². The number of likely N-dealkylation sites (tertiary alicyclic amines) is 1. The predicted octanol–water partition coefficient (Wildman–Crippen LogP) is 6.16. The van der Waals surface area contributed by atoms with E-state index in [1.54, 1.807) is 6.20 Å². The highest BCUT2D eigenvalue weighted by molar-refractivity contribution is 7.99. The molecule has 0 saturated carbocycles. The van der Waals surface area contributed by atoms with E-state index in [-0.39, 0.29) is 0 Å². The fraction of sp³-hybridized carbons (Fsp3) is 0.370. The van der Waals surface area contributed by atoms with Crippen molar-refractivity contribution in [3.8, 4) is 0 Å². The molecule has 1 aromatic carbocycles. The fourth-order valence-electron chi connectivity index (χ4n) is 5.18. The Bertz CT molecular complexity index is 1300. The van der Waals surface area contributed by atoms with Crippen LogP contribution >= 0.6 is 11.9 Å². The molecule has 2 N–H and O–H groups in total. The van der Waals surface area contributed by atoms with Crippen LogP contribution in [-0.2, 0) is 19.3 Å². The van der Waals surface area contributed by atoms with Gasteiger partial charge in [0, 0.05) is 72.9 Å². The first-order valence-electron chi connectivity index (χ1n) is 12.5. The molecule has 2 aliphatic heterocycles. The number of hydrogen-bond acceptors (Lipinski definition) is 8. The van der Waals surface area contributed by atoms with E-state index in [1.807, 2.05) is 24.6 Å². The Morgan fingerprint density at radius 1 is 1.13 bits per heavy atom. The predicted molar refractivity (Wildman–Crippen MR) is 146 cm³/mol. The molecule has 1 fully saturated rings. The van der Waals surface area contributed by atoms with Gasteiger partial charge in [0.25, 0.3) is 0 Å². The molecule has 2 aliphatic rings. The SMILES string of the molecule is C=C(c1ccnc(NSC)c1)N1CC[C@H](N2Cc3cnc(Nc4ccc(C(F)(F)F)cc4)nc3C2)C[C@H]1C. The molecule has 0 amide bonds. The van der Waals surface area contributed by atoms with Crippen LogP contribution in [-0.4, -0.2) is 49.6 Å². The lowest BCUT2D eigenvalue weighted by Crippen LogP contribution is -2.46. The maximum atomic E-state index is 12.8. The molecular weight excluding hydrogens is 511 g/mol. The van der Waals surface area contributed by atoms with Gasteiger partial charge >= 0.3 is 6.18 Å². The van der Waals surface area contributed by atoms with Crippen molar-refractivity contribution in [2.45, 2.75) is 51.1 Å². The number of halogens is 3. The van der Waals surface area contributed by atoms with Gasteiger partial charge in [0.05, 0.1) is 11.3 Å². The van der Waals surface area contributed by atoms with Crippen molar-refractivity contribution >= 4 is 35.1 Å². The van der Waals surface area contributed by atoms with E-state index in [2.05, 4.69) is 48.3 Å². The van der Waals surface area contributed by atoms with Crippen LogP contribution in [0.1, 0.15) is 42.1 Å². The van der Waals surface area contributed by atoms with Crippen molar-refractivity contribution in [3.63, 3.8) is 0 Å². The molecule has 38 heavy (non-hydrogen) atoms. The van der Waals surface area contributed by atoms with Crippen molar-refractivity contribution in [2.24, 2.45) is 0 Å². The maximum Gasteiger partial charge on any atom is 0.416 e. The number of alkyl halides is 3. The molecule has 4 heterocycles. The first-order chi connectivity index (χ1) is 18.2. The van der Waals surface area contributed by atoms with Crippen LogP contribution in [0.2, 0.25) is 0 Å². The number of piperidine rings is 1. The van der Waals surface area contributed by atoms with Gasteiger partial charge in [-0.2, -0.15) is 13.2 Å². The average Bonchev–Trinajstić information content (AvgIpc) is 3.32. The third-order valence-corrected chi connectivity index (χ3v) is 7.57. The number of nitrogens with zero attached hydrogens (tertiary/aromatic N) is 5. The molecule has 2 aromatic heterocycles. The number of pyridine rings is 1. The monoisotopic (exact) mass is 541 g/mol. The number of aromatic nitrogens is 3. The van der Waals surface area contributed by atoms with Gasteiger partial charge < -0.3 is 14.9 Å². The summed E-state index contributed by atoms with van der Waals surface area (Å²) in [6.07, 6.45) is 3.26. The lowest BCUT2D eigenvalue weighted by Gasteiger charge is -2.43. The number of benzene rings is 1. The first-order valence-corrected chi connectivity index (χ1v) is 13.7. The zero-order chi connectivity index (χ0) is 26.9. The second kappa shape index (κ2) is 10.8. The normalized spacial score (nSPS) is 19.8. The van der Waals surface area contributed by atoms with Gasteiger partial charge in [0.15, 0.2) is 0 Å². The van der Waals surface area contributed by atoms with E-state index in [0.717, 1.165) is 72.9 Å². The molecular formula is C27H30F3N7S. The molecule has 0 spiro atoms. The van der Waals surface area contributed by atoms with Crippen molar-refractivity contribution in [2.75, 3.05) is 22.8 Å². The fourth-order valence-corrected chi connectivity index (χ4v) is 5.51. The van der Waals surface area contributed by atoms with Gasteiger partial charge in [0.1, 0.15) is 5.82 Å². The highest BCUT2D eigenvalue weighted by Crippen LogP contribution is 2.34. The first kappa shape index (κ1) is 26.3. The summed E-state index contributed by atoms with van der Waals surface area (Å²) in [5.74, 6) is 1.21. The van der Waals surface area contributed by atoms with E-state index in [9.17, 15) is 13.2 Å². The standard InChI is InChI=1S/C27H30F3N7S/c1-17-12-23(9-11-37(17)18(2)19-8-10-31-25(13-19)35-38-3)36-15-20-14-32-26(34-24(20)16-36)33-22-6-4-21(5-7-22)27(28,29)30/h4-8,10,13-14,17,23H,2,9,11-12,15-16H2,1,3H3,(H,31,35)(H,32,33,34)/t17-,23+/m1/s1. The Morgan fingerprint density at radius 2 is 1.92 bits per heavy atom. The minimum absolute atomic E-state index is 0.332. The summed E-state index contributed by atoms with van der Waals surface area (Å²) in [6, 6.07) is 9.66. The van der Waals surface area contributed by atoms with E-state index < -0.39 is 11.7 Å². The summed E-state index contributed by atoms with van der Waals surface area (Å²) in [5, 5.41) is 3.02. The van der Waals surface area contributed by atoms with E-state index in [4.69, 9.17) is 0 Å². The minimum atomic E-state index is -4.36. The van der Waals surface area contributed by atoms with Crippen LogP contribution in [0.5, 0.6) is 0 Å². The van der Waals surface area contributed by atoms with Gasteiger partial charge in [-0.05, 0) is 56.2 Å². The lowest BCUT2D eigenvalue weighted by atomic mass is 9.95. The van der Waals surface area contributed by atoms with Crippen molar-refractivity contribution < 1.29 is 13.2 Å². The van der Waals surface area contributed by atoms with Gasteiger partial charge in [-0.25, -0.2) is 15.0 Å². The molecule has 5 rings (SSSR count). The van der Waals surface area contributed by atoms with Crippen molar-refractivity contribution in [1.82, 2.24) is 24.8 Å². The largest absolute Gasteiger partial charge is 0.416 e. The highest BCUT2D eigenvalue weighted by atomic mass is 32.2. The second-order valence-electron chi connectivity index (χ2n) is 9.67. The maximum absolute atomic E-state index is 12.8. The van der Waals surface area contributed by atoms with E-state index in [0.29, 0.717) is 23.7 Å². The van der Waals surface area contributed by atoms with Gasteiger partial charge in [-0.15, -0.1) is 0 Å². The molecule has 7 nitrogen and oxygen atoms in total. The molecule has 0 unspecified atom stereocenters. The third kappa shape index (κ3) is 5.73. The van der Waals surface area contributed by atoms with Crippen LogP contribution in [0.15, 0.2) is 55.4 Å². The highest BCUT2D eigenvalue weighted by Gasteiger charge is 2.34. The minimum Gasteiger partial charge on any atom is -0.369 e. The Morgan fingerprint density at radius 3 is 2.63 bits per heavy atom. The summed E-state index contributed by atoms with van der Waals surface area (Å²) < 4.78 is 41.7. The molecule has 200 valence electrons. The van der Waals surface area contributed by atoms with Gasteiger partial charge in [-0.1, -0.05) is 18.5 Å². The molecule has 0 bridgehead atoms. The lowest BCUT2D eigenvalue weighted by molar-refractivity contribution is -0.137. The Kier molecular flexibility index (Phi) is 7.49. The van der Waals surface area contributed by atoms with E-state index in [1.165, 1.54) is 24.1 Å². The number of nitrogens with one attached hydrogen (secondary N) is 2. The van der Waals surface area contributed by atoms with Crippen LogP contribution < -0.4 is 10.0 Å². The number of anilines is 3. The van der Waals surface area contributed by atoms with Crippen LogP contribution in [0.25, 0.3) is 5.70 Å². The van der Waals surface area contributed by atoms with Gasteiger partial charge in [-0.3, -0.25) is 4.90 Å². The van der Waals surface area contributed by atoms with Crippen LogP contribution in [0.4, 0.5) is 30.6 Å². The zero-order valence-electron chi connectivity index (χ0n) is 21.3. The quantitative estimate of drug-likeness (QED) is 0.345. The Balaban J connectivity index is 1.19. The molecule has 2 atom stereocenters. The summed E-state index contributed by atoms with van der Waals surface area (Å²) in [4.78, 5) is 18.2.